The van der Waals surface area contributed by atoms with Crippen molar-refractivity contribution in [2.75, 3.05) is 13.6 Å². The molecule has 3 rings (SSSR count). The third-order valence-electron chi connectivity index (χ3n) is 5.22. The summed E-state index contributed by atoms with van der Waals surface area (Å²) in [7, 11) is 1.48. The van der Waals surface area contributed by atoms with E-state index in [9.17, 15) is 22.8 Å². The highest BCUT2D eigenvalue weighted by molar-refractivity contribution is 5.97. The van der Waals surface area contributed by atoms with Gasteiger partial charge < -0.3 is 20.5 Å². The van der Waals surface area contributed by atoms with Gasteiger partial charge in [-0.15, -0.1) is 0 Å². The molecule has 1 atom stereocenters. The zero-order chi connectivity index (χ0) is 22.9. The number of hydrogen-bond donors (Lipinski definition) is 3. The van der Waals surface area contributed by atoms with Crippen LogP contribution in [-0.4, -0.2) is 41.0 Å². The minimum atomic E-state index is -1.30. The van der Waals surface area contributed by atoms with Gasteiger partial charge in [-0.3, -0.25) is 9.59 Å². The maximum Gasteiger partial charge on any atom is 0.272 e. The van der Waals surface area contributed by atoms with Crippen LogP contribution in [-0.2, 0) is 17.9 Å². The van der Waals surface area contributed by atoms with Crippen molar-refractivity contribution in [2.24, 2.45) is 5.41 Å². The molecule has 0 radical (unpaired) electrons. The monoisotopic (exact) mass is 437 g/mol. The van der Waals surface area contributed by atoms with Crippen molar-refractivity contribution >= 4 is 11.8 Å². The molecule has 7 nitrogen and oxygen atoms in total. The van der Waals surface area contributed by atoms with E-state index in [0.29, 0.717) is 31.3 Å². The van der Waals surface area contributed by atoms with Crippen LogP contribution < -0.4 is 16.0 Å². The average Bonchev–Trinajstić information content (AvgIpc) is 2.88. The zero-order valence-corrected chi connectivity index (χ0v) is 17.9. The third kappa shape index (κ3) is 4.58. The van der Waals surface area contributed by atoms with Crippen LogP contribution in [0.2, 0.25) is 0 Å². The molecular formula is C21H26F3N5O2. The molecule has 0 saturated heterocycles. The van der Waals surface area contributed by atoms with Gasteiger partial charge in [0.1, 0.15) is 17.7 Å². The van der Waals surface area contributed by atoms with E-state index in [-0.39, 0.29) is 29.5 Å². The van der Waals surface area contributed by atoms with E-state index in [2.05, 4.69) is 20.9 Å². The fourth-order valence-corrected chi connectivity index (χ4v) is 3.58. The molecule has 1 aromatic heterocycles. The number of amides is 2. The number of aromatic nitrogens is 2. The molecule has 0 saturated carbocycles. The number of nitrogens with zero attached hydrogens (tertiary/aromatic N) is 2. The van der Waals surface area contributed by atoms with E-state index in [4.69, 9.17) is 0 Å². The predicted molar refractivity (Wildman–Crippen MR) is 109 cm³/mol. The van der Waals surface area contributed by atoms with Crippen LogP contribution in [0.25, 0.3) is 11.4 Å². The number of likely N-dealkylation sites (N-methyl/N-ethyl adjacent to an activating group) is 1. The van der Waals surface area contributed by atoms with Gasteiger partial charge >= 0.3 is 0 Å². The Morgan fingerprint density at radius 2 is 1.84 bits per heavy atom. The van der Waals surface area contributed by atoms with Crippen molar-refractivity contribution in [3.05, 3.63) is 41.0 Å². The van der Waals surface area contributed by atoms with E-state index >= 15 is 0 Å². The maximum atomic E-state index is 14.5. The van der Waals surface area contributed by atoms with Crippen molar-refractivity contribution in [1.82, 2.24) is 25.5 Å². The van der Waals surface area contributed by atoms with Gasteiger partial charge in [-0.25, -0.2) is 18.2 Å². The average molecular weight is 437 g/mol. The molecule has 0 spiro atoms. The van der Waals surface area contributed by atoms with Gasteiger partial charge in [-0.1, -0.05) is 20.8 Å². The molecule has 2 heterocycles. The maximum absolute atomic E-state index is 14.5. The van der Waals surface area contributed by atoms with Gasteiger partial charge in [0.05, 0.1) is 11.3 Å². The van der Waals surface area contributed by atoms with Crippen LogP contribution >= 0.6 is 0 Å². The predicted octanol–water partition coefficient (Wildman–Crippen LogP) is 2.35. The molecule has 1 aromatic carbocycles. The number of imidazole rings is 1. The third-order valence-corrected chi connectivity index (χ3v) is 5.22. The first-order valence-corrected chi connectivity index (χ1v) is 10.0. The Labute approximate surface area is 178 Å². The summed E-state index contributed by atoms with van der Waals surface area (Å²) in [5.74, 6) is -4.43. The highest BCUT2D eigenvalue weighted by atomic mass is 19.2. The molecule has 168 valence electrons. The highest BCUT2D eigenvalue weighted by Crippen LogP contribution is 2.29. The van der Waals surface area contributed by atoms with Crippen molar-refractivity contribution in [3.8, 4) is 11.4 Å². The molecule has 31 heavy (non-hydrogen) atoms. The van der Waals surface area contributed by atoms with E-state index in [1.807, 2.05) is 20.8 Å². The largest absolute Gasteiger partial charge is 0.357 e. The topological polar surface area (TPSA) is 88.1 Å². The second-order valence-corrected chi connectivity index (χ2v) is 8.55. The van der Waals surface area contributed by atoms with Crippen molar-refractivity contribution in [2.45, 2.75) is 46.3 Å². The first-order chi connectivity index (χ1) is 14.5. The first kappa shape index (κ1) is 22.8. The lowest BCUT2D eigenvalue weighted by Gasteiger charge is -2.29. The summed E-state index contributed by atoms with van der Waals surface area (Å²) >= 11 is 0. The summed E-state index contributed by atoms with van der Waals surface area (Å²) in [6.07, 6.45) is 0.672. The SMILES string of the molecule is CNC(=O)C(NC(=O)c1nc(-c2cc(F)c(F)cc2F)n2c1CNCCC2)C(C)(C)C. The van der Waals surface area contributed by atoms with Crippen LogP contribution in [0.1, 0.15) is 43.4 Å². The number of fused-ring (bicyclic) bond motifs is 1. The Bertz CT molecular complexity index is 1010. The number of benzene rings is 1. The molecule has 1 unspecified atom stereocenters. The minimum Gasteiger partial charge on any atom is -0.357 e. The van der Waals surface area contributed by atoms with Gasteiger partial charge in [-0.05, 0) is 24.4 Å². The Balaban J connectivity index is 2.09. The van der Waals surface area contributed by atoms with E-state index in [1.54, 1.807) is 4.57 Å². The Hall–Kier alpha value is -2.88. The molecule has 10 heteroatoms. The van der Waals surface area contributed by atoms with Crippen molar-refractivity contribution in [1.29, 1.82) is 0 Å². The molecule has 2 amide bonds. The van der Waals surface area contributed by atoms with Crippen LogP contribution in [0.15, 0.2) is 12.1 Å². The Morgan fingerprint density at radius 3 is 2.48 bits per heavy atom. The number of halogens is 3. The summed E-state index contributed by atoms with van der Waals surface area (Å²) in [4.78, 5) is 29.8. The molecule has 0 aliphatic carbocycles. The lowest BCUT2D eigenvalue weighted by molar-refractivity contribution is -0.124. The normalized spacial score (nSPS) is 15.1. The molecule has 1 aliphatic rings. The lowest BCUT2D eigenvalue weighted by atomic mass is 9.86. The molecule has 1 aliphatic heterocycles. The first-order valence-electron chi connectivity index (χ1n) is 10.0. The fourth-order valence-electron chi connectivity index (χ4n) is 3.58. The summed E-state index contributed by atoms with van der Waals surface area (Å²) in [5.41, 5.74) is -0.329. The van der Waals surface area contributed by atoms with Gasteiger partial charge in [0.15, 0.2) is 17.3 Å². The summed E-state index contributed by atoms with van der Waals surface area (Å²) < 4.78 is 43.4. The van der Waals surface area contributed by atoms with E-state index in [0.717, 1.165) is 6.07 Å². The van der Waals surface area contributed by atoms with Crippen LogP contribution in [0.5, 0.6) is 0 Å². The van der Waals surface area contributed by atoms with Crippen molar-refractivity contribution in [3.63, 3.8) is 0 Å². The lowest BCUT2D eigenvalue weighted by Crippen LogP contribution is -2.53. The number of carbonyl (C=O) groups excluding carboxylic acids is 2. The summed E-state index contributed by atoms with van der Waals surface area (Å²) in [6, 6.07) is 0.356. The van der Waals surface area contributed by atoms with Gasteiger partial charge in [0.2, 0.25) is 5.91 Å². The van der Waals surface area contributed by atoms with E-state index < -0.39 is 34.8 Å². The quantitative estimate of drug-likeness (QED) is 0.641. The number of rotatable bonds is 4. The smallest absolute Gasteiger partial charge is 0.272 e. The second kappa shape index (κ2) is 8.70. The zero-order valence-electron chi connectivity index (χ0n) is 17.9. The van der Waals surface area contributed by atoms with Crippen LogP contribution in [0.4, 0.5) is 13.2 Å². The van der Waals surface area contributed by atoms with Gasteiger partial charge in [-0.2, -0.15) is 0 Å². The number of carbonyl (C=O) groups is 2. The molecule has 2 aromatic rings. The second-order valence-electron chi connectivity index (χ2n) is 8.55. The van der Waals surface area contributed by atoms with E-state index in [1.165, 1.54) is 7.05 Å². The summed E-state index contributed by atoms with van der Waals surface area (Å²) in [6.45, 7) is 6.78. The highest BCUT2D eigenvalue weighted by Gasteiger charge is 2.34. The van der Waals surface area contributed by atoms with Crippen LogP contribution in [0, 0.1) is 22.9 Å². The van der Waals surface area contributed by atoms with Crippen LogP contribution in [0.3, 0.4) is 0 Å². The Morgan fingerprint density at radius 1 is 1.16 bits per heavy atom. The molecule has 0 bridgehead atoms. The molecule has 3 N–H and O–H groups in total. The summed E-state index contributed by atoms with van der Waals surface area (Å²) in [5, 5.41) is 8.41. The fraction of sp³-hybridized carbons (Fsp3) is 0.476. The standard InChI is InChI=1S/C21H26F3N5O2/c1-21(2,3)17(20(31)25-4)28-19(30)16-15-10-26-6-5-7-29(15)18(27-16)11-8-13(23)14(24)9-12(11)22/h8-9,17,26H,5-7,10H2,1-4H3,(H,25,31)(H,28,30). The Kier molecular flexibility index (Phi) is 6.40. The minimum absolute atomic E-state index is 0.00619. The number of nitrogens with one attached hydrogen (secondary N) is 3. The van der Waals surface area contributed by atoms with Gasteiger partial charge in [0, 0.05) is 26.2 Å². The van der Waals surface area contributed by atoms with Crippen molar-refractivity contribution < 1.29 is 22.8 Å². The molecule has 0 fully saturated rings. The van der Waals surface area contributed by atoms with Gasteiger partial charge in [0.25, 0.3) is 5.91 Å². The molecular weight excluding hydrogens is 411 g/mol. The number of hydrogen-bond acceptors (Lipinski definition) is 4.